The topological polar surface area (TPSA) is 81.7 Å². The lowest BCUT2D eigenvalue weighted by Gasteiger charge is -2.19. The molecule has 6 heteroatoms. The van der Waals surface area contributed by atoms with Crippen molar-refractivity contribution in [2.24, 2.45) is 0 Å². The molecule has 144 valence electrons. The van der Waals surface area contributed by atoms with Crippen LogP contribution in [0.25, 0.3) is 0 Å². The number of urea groups is 1. The van der Waals surface area contributed by atoms with Gasteiger partial charge in [-0.25, -0.2) is 4.79 Å². The second-order valence-corrected chi connectivity index (χ2v) is 6.15. The molecule has 1 atom stereocenters. The van der Waals surface area contributed by atoms with Gasteiger partial charge in [-0.1, -0.05) is 42.5 Å². The summed E-state index contributed by atoms with van der Waals surface area (Å²) in [6, 6.07) is 15.7. The SMILES string of the molecule is CCN(CC)C(=O)c1ccc(CNC(=O)NC(CO)c2ccccc2)cc1. The maximum absolute atomic E-state index is 12.3. The van der Waals surface area contributed by atoms with E-state index in [0.717, 1.165) is 11.1 Å². The Balaban J connectivity index is 1.88. The lowest BCUT2D eigenvalue weighted by atomic mass is 10.1. The second kappa shape index (κ2) is 10.3. The second-order valence-electron chi connectivity index (χ2n) is 6.15. The molecule has 0 saturated heterocycles. The summed E-state index contributed by atoms with van der Waals surface area (Å²) in [4.78, 5) is 26.2. The largest absolute Gasteiger partial charge is 0.394 e. The van der Waals surface area contributed by atoms with Crippen LogP contribution in [-0.2, 0) is 6.54 Å². The number of hydrogen-bond acceptors (Lipinski definition) is 3. The first kappa shape index (κ1) is 20.5. The van der Waals surface area contributed by atoms with Crippen LogP contribution in [-0.4, -0.2) is 41.6 Å². The van der Waals surface area contributed by atoms with Gasteiger partial charge in [0, 0.05) is 25.2 Å². The molecule has 1 unspecified atom stereocenters. The molecule has 2 rings (SSSR count). The zero-order valence-electron chi connectivity index (χ0n) is 15.8. The van der Waals surface area contributed by atoms with Crippen molar-refractivity contribution in [3.05, 3.63) is 71.3 Å². The first-order valence-corrected chi connectivity index (χ1v) is 9.17. The highest BCUT2D eigenvalue weighted by Gasteiger charge is 2.14. The number of hydrogen-bond donors (Lipinski definition) is 3. The summed E-state index contributed by atoms with van der Waals surface area (Å²) in [6.07, 6.45) is 0. The predicted molar refractivity (Wildman–Crippen MR) is 105 cm³/mol. The molecule has 27 heavy (non-hydrogen) atoms. The van der Waals surface area contributed by atoms with Gasteiger partial charge in [-0.05, 0) is 37.1 Å². The van der Waals surface area contributed by atoms with Gasteiger partial charge in [0.15, 0.2) is 0 Å². The van der Waals surface area contributed by atoms with Gasteiger partial charge in [0.2, 0.25) is 0 Å². The van der Waals surface area contributed by atoms with Crippen LogP contribution in [0, 0.1) is 0 Å². The quantitative estimate of drug-likeness (QED) is 0.669. The summed E-state index contributed by atoms with van der Waals surface area (Å²) in [7, 11) is 0. The molecule has 0 heterocycles. The van der Waals surface area contributed by atoms with Crippen LogP contribution in [0.4, 0.5) is 4.79 Å². The highest BCUT2D eigenvalue weighted by molar-refractivity contribution is 5.94. The van der Waals surface area contributed by atoms with Gasteiger partial charge >= 0.3 is 6.03 Å². The Bertz CT molecular complexity index is 728. The average molecular weight is 369 g/mol. The van der Waals surface area contributed by atoms with Gasteiger partial charge in [0.05, 0.1) is 12.6 Å². The molecule has 6 nitrogen and oxygen atoms in total. The third-order valence-electron chi connectivity index (χ3n) is 4.39. The minimum absolute atomic E-state index is 0.00546. The monoisotopic (exact) mass is 369 g/mol. The molecule has 0 radical (unpaired) electrons. The van der Waals surface area contributed by atoms with Crippen molar-refractivity contribution in [3.63, 3.8) is 0 Å². The maximum atomic E-state index is 12.3. The Labute approximate surface area is 160 Å². The minimum atomic E-state index is -0.458. The molecular formula is C21H27N3O3. The van der Waals surface area contributed by atoms with Gasteiger partial charge in [-0.3, -0.25) is 4.79 Å². The Kier molecular flexibility index (Phi) is 7.82. The minimum Gasteiger partial charge on any atom is -0.394 e. The molecule has 0 saturated carbocycles. The van der Waals surface area contributed by atoms with Crippen LogP contribution >= 0.6 is 0 Å². The fourth-order valence-corrected chi connectivity index (χ4v) is 2.77. The van der Waals surface area contributed by atoms with Crippen molar-refractivity contribution < 1.29 is 14.7 Å². The van der Waals surface area contributed by atoms with Crippen LogP contribution < -0.4 is 10.6 Å². The number of aliphatic hydroxyl groups excluding tert-OH is 1. The van der Waals surface area contributed by atoms with Crippen molar-refractivity contribution in [2.75, 3.05) is 19.7 Å². The Morgan fingerprint density at radius 2 is 1.63 bits per heavy atom. The van der Waals surface area contributed by atoms with E-state index in [2.05, 4.69) is 10.6 Å². The summed E-state index contributed by atoms with van der Waals surface area (Å²) < 4.78 is 0. The molecule has 2 aromatic rings. The molecule has 0 spiro atoms. The average Bonchev–Trinajstić information content (AvgIpc) is 2.72. The molecule has 2 aromatic carbocycles. The third-order valence-corrected chi connectivity index (χ3v) is 4.39. The first-order valence-electron chi connectivity index (χ1n) is 9.17. The smallest absolute Gasteiger partial charge is 0.315 e. The Hall–Kier alpha value is -2.86. The van der Waals surface area contributed by atoms with E-state index in [1.54, 1.807) is 17.0 Å². The van der Waals surface area contributed by atoms with Crippen LogP contribution in [0.1, 0.15) is 41.4 Å². The predicted octanol–water partition coefficient (Wildman–Crippen LogP) is 2.70. The number of aliphatic hydroxyl groups is 1. The van der Waals surface area contributed by atoms with Gasteiger partial charge in [0.1, 0.15) is 0 Å². The molecule has 3 N–H and O–H groups in total. The van der Waals surface area contributed by atoms with E-state index in [1.807, 2.05) is 56.3 Å². The molecule has 3 amide bonds. The highest BCUT2D eigenvalue weighted by atomic mass is 16.3. The van der Waals surface area contributed by atoms with Crippen molar-refractivity contribution in [3.8, 4) is 0 Å². The zero-order valence-corrected chi connectivity index (χ0v) is 15.8. The van der Waals surface area contributed by atoms with Crippen molar-refractivity contribution >= 4 is 11.9 Å². The lowest BCUT2D eigenvalue weighted by Crippen LogP contribution is -2.38. The van der Waals surface area contributed by atoms with Gasteiger partial charge in [-0.2, -0.15) is 0 Å². The maximum Gasteiger partial charge on any atom is 0.315 e. The van der Waals surface area contributed by atoms with E-state index in [9.17, 15) is 14.7 Å². The van der Waals surface area contributed by atoms with E-state index in [-0.39, 0.29) is 18.5 Å². The summed E-state index contributed by atoms with van der Waals surface area (Å²) >= 11 is 0. The van der Waals surface area contributed by atoms with Crippen molar-refractivity contribution in [1.29, 1.82) is 0 Å². The van der Waals surface area contributed by atoms with Crippen LogP contribution in [0.3, 0.4) is 0 Å². The van der Waals surface area contributed by atoms with Crippen molar-refractivity contribution in [1.82, 2.24) is 15.5 Å². The highest BCUT2D eigenvalue weighted by Crippen LogP contribution is 2.11. The molecule has 0 fully saturated rings. The third kappa shape index (κ3) is 5.82. The van der Waals surface area contributed by atoms with Crippen molar-refractivity contribution in [2.45, 2.75) is 26.4 Å². The number of rotatable bonds is 8. The van der Waals surface area contributed by atoms with E-state index in [1.165, 1.54) is 0 Å². The summed E-state index contributed by atoms with van der Waals surface area (Å²) in [6.45, 7) is 5.40. The fraction of sp³-hybridized carbons (Fsp3) is 0.333. The number of nitrogens with zero attached hydrogens (tertiary/aromatic N) is 1. The fourth-order valence-electron chi connectivity index (χ4n) is 2.77. The number of nitrogens with one attached hydrogen (secondary N) is 2. The number of carbonyl (C=O) groups excluding carboxylic acids is 2. The first-order chi connectivity index (χ1) is 13.1. The van der Waals surface area contributed by atoms with E-state index < -0.39 is 6.04 Å². The van der Waals surface area contributed by atoms with Crippen LogP contribution in [0.5, 0.6) is 0 Å². The van der Waals surface area contributed by atoms with Gasteiger partial charge < -0.3 is 20.6 Å². The molecule has 0 aromatic heterocycles. The molecule has 0 aliphatic carbocycles. The molecule has 0 aliphatic rings. The van der Waals surface area contributed by atoms with E-state index in [0.29, 0.717) is 25.2 Å². The molecule has 0 bridgehead atoms. The number of benzene rings is 2. The Morgan fingerprint density at radius 3 is 2.19 bits per heavy atom. The van der Waals surface area contributed by atoms with Crippen LogP contribution in [0.2, 0.25) is 0 Å². The summed E-state index contributed by atoms with van der Waals surface area (Å²) in [5, 5.41) is 15.0. The Morgan fingerprint density at radius 1 is 1.00 bits per heavy atom. The molecule has 0 aliphatic heterocycles. The normalized spacial score (nSPS) is 11.5. The number of carbonyl (C=O) groups is 2. The van der Waals surface area contributed by atoms with E-state index in [4.69, 9.17) is 0 Å². The number of amides is 3. The summed E-state index contributed by atoms with van der Waals surface area (Å²) in [5.41, 5.74) is 2.37. The van der Waals surface area contributed by atoms with Gasteiger partial charge in [0.25, 0.3) is 5.91 Å². The van der Waals surface area contributed by atoms with Crippen LogP contribution in [0.15, 0.2) is 54.6 Å². The zero-order chi connectivity index (χ0) is 19.6. The summed E-state index contributed by atoms with van der Waals surface area (Å²) in [5.74, 6) is 0.00546. The van der Waals surface area contributed by atoms with E-state index >= 15 is 0 Å². The standard InChI is InChI=1S/C21H27N3O3/c1-3-24(4-2)20(26)18-12-10-16(11-13-18)14-22-21(27)23-19(15-25)17-8-6-5-7-9-17/h5-13,19,25H,3-4,14-15H2,1-2H3,(H2,22,23,27). The lowest BCUT2D eigenvalue weighted by molar-refractivity contribution is 0.0773. The van der Waals surface area contributed by atoms with Gasteiger partial charge in [-0.15, -0.1) is 0 Å². The molecular weight excluding hydrogens is 342 g/mol.